The molecule has 1 aromatic heterocycles. The molecule has 3 aromatic rings. The summed E-state index contributed by atoms with van der Waals surface area (Å²) in [5.41, 5.74) is 9.97. The molecule has 4 heteroatoms. The molecule has 0 unspecified atom stereocenters. The van der Waals surface area contributed by atoms with Gasteiger partial charge < -0.3 is 10.5 Å². The third-order valence-corrected chi connectivity index (χ3v) is 4.26. The number of rotatable bonds is 6. The van der Waals surface area contributed by atoms with E-state index < -0.39 is 0 Å². The summed E-state index contributed by atoms with van der Waals surface area (Å²) in [6, 6.07) is 16.1. The van der Waals surface area contributed by atoms with Gasteiger partial charge in [-0.2, -0.15) is 0 Å². The first-order valence-electron chi connectivity index (χ1n) is 7.38. The molecule has 2 aromatic carbocycles. The molecule has 2 N–H and O–H groups in total. The molecular weight excluding hydrogens is 304 g/mol. The Kier molecular flexibility index (Phi) is 4.74. The first-order valence-corrected chi connectivity index (χ1v) is 8.26. The molecule has 116 valence electrons. The van der Waals surface area contributed by atoms with Crippen LogP contribution in [0.5, 0.6) is 5.75 Å². The minimum atomic E-state index is 0.455. The normalized spacial score (nSPS) is 10.4. The molecule has 0 saturated carbocycles. The molecule has 0 saturated heterocycles. The van der Waals surface area contributed by atoms with Crippen molar-refractivity contribution < 1.29 is 4.74 Å². The van der Waals surface area contributed by atoms with Gasteiger partial charge in [0.25, 0.3) is 0 Å². The van der Waals surface area contributed by atoms with Crippen molar-refractivity contribution in [2.75, 3.05) is 12.3 Å². The van der Waals surface area contributed by atoms with E-state index in [0.29, 0.717) is 18.0 Å². The highest BCUT2D eigenvalue weighted by Gasteiger charge is 2.07. The number of thiazole rings is 1. The molecule has 1 heterocycles. The second-order valence-corrected chi connectivity index (χ2v) is 6.08. The van der Waals surface area contributed by atoms with Crippen molar-refractivity contribution in [2.24, 2.45) is 0 Å². The quantitative estimate of drug-likeness (QED) is 0.535. The van der Waals surface area contributed by atoms with Gasteiger partial charge in [0.1, 0.15) is 12.4 Å². The van der Waals surface area contributed by atoms with E-state index in [1.807, 2.05) is 36.4 Å². The lowest BCUT2D eigenvalue weighted by Gasteiger charge is -2.08. The molecule has 0 aliphatic rings. The average Bonchev–Trinajstić information content (AvgIpc) is 3.03. The van der Waals surface area contributed by atoms with Gasteiger partial charge in [-0.3, -0.25) is 0 Å². The monoisotopic (exact) mass is 322 g/mol. The van der Waals surface area contributed by atoms with Gasteiger partial charge in [-0.05, 0) is 17.7 Å². The summed E-state index contributed by atoms with van der Waals surface area (Å²) in [5, 5.41) is 3.17. The SMILES string of the molecule is C=CCOc1ccc(Cc2nc(-c3ccccc3)cs2)cc1N. The fraction of sp³-hybridized carbons (Fsp3) is 0.105. The van der Waals surface area contributed by atoms with Crippen LogP contribution in [0.25, 0.3) is 11.3 Å². The molecule has 0 bridgehead atoms. The van der Waals surface area contributed by atoms with Gasteiger partial charge >= 0.3 is 0 Å². The third-order valence-electron chi connectivity index (χ3n) is 3.41. The number of hydrogen-bond donors (Lipinski definition) is 1. The van der Waals surface area contributed by atoms with Crippen molar-refractivity contribution in [3.8, 4) is 17.0 Å². The van der Waals surface area contributed by atoms with E-state index in [2.05, 4.69) is 24.1 Å². The Hall–Kier alpha value is -2.59. The van der Waals surface area contributed by atoms with Crippen LogP contribution in [0, 0.1) is 0 Å². The van der Waals surface area contributed by atoms with Crippen LogP contribution in [-0.2, 0) is 6.42 Å². The predicted molar refractivity (Wildman–Crippen MR) is 96.9 cm³/mol. The minimum Gasteiger partial charge on any atom is -0.487 e. The van der Waals surface area contributed by atoms with Crippen molar-refractivity contribution in [1.82, 2.24) is 4.98 Å². The lowest BCUT2D eigenvalue weighted by Crippen LogP contribution is -1.99. The van der Waals surface area contributed by atoms with Crippen molar-refractivity contribution >= 4 is 17.0 Å². The zero-order valence-corrected chi connectivity index (χ0v) is 13.6. The highest BCUT2D eigenvalue weighted by molar-refractivity contribution is 7.10. The molecule has 0 spiro atoms. The summed E-state index contributed by atoms with van der Waals surface area (Å²) in [4.78, 5) is 4.71. The predicted octanol–water partition coefficient (Wildman–Crippen LogP) is 4.55. The Morgan fingerprint density at radius 2 is 2.00 bits per heavy atom. The van der Waals surface area contributed by atoms with Gasteiger partial charge in [0.15, 0.2) is 0 Å². The topological polar surface area (TPSA) is 48.1 Å². The summed E-state index contributed by atoms with van der Waals surface area (Å²) in [5.74, 6) is 0.692. The second kappa shape index (κ2) is 7.11. The lowest BCUT2D eigenvalue weighted by molar-refractivity contribution is 0.365. The Bertz CT molecular complexity index is 796. The number of aromatic nitrogens is 1. The number of benzene rings is 2. The molecule has 0 amide bonds. The van der Waals surface area contributed by atoms with Crippen LogP contribution in [0.3, 0.4) is 0 Å². The fourth-order valence-electron chi connectivity index (χ4n) is 2.30. The fourth-order valence-corrected chi connectivity index (χ4v) is 3.13. The van der Waals surface area contributed by atoms with Crippen molar-refractivity contribution in [3.05, 3.63) is 77.1 Å². The molecule has 3 nitrogen and oxygen atoms in total. The molecule has 0 aliphatic heterocycles. The number of nitrogens with zero attached hydrogens (tertiary/aromatic N) is 1. The zero-order valence-electron chi connectivity index (χ0n) is 12.7. The maximum absolute atomic E-state index is 6.04. The van der Waals surface area contributed by atoms with Gasteiger partial charge in [0.2, 0.25) is 0 Å². The number of ether oxygens (including phenoxy) is 1. The van der Waals surface area contributed by atoms with Crippen LogP contribution in [0.15, 0.2) is 66.6 Å². The lowest BCUT2D eigenvalue weighted by atomic mass is 10.1. The Morgan fingerprint density at radius 1 is 1.17 bits per heavy atom. The largest absolute Gasteiger partial charge is 0.487 e. The van der Waals surface area contributed by atoms with Gasteiger partial charge in [0.05, 0.1) is 16.4 Å². The van der Waals surface area contributed by atoms with Gasteiger partial charge in [-0.15, -0.1) is 11.3 Å². The van der Waals surface area contributed by atoms with Crippen LogP contribution in [0.2, 0.25) is 0 Å². The molecular formula is C19H18N2OS. The van der Waals surface area contributed by atoms with Crippen LogP contribution in [0.1, 0.15) is 10.6 Å². The van der Waals surface area contributed by atoms with E-state index in [-0.39, 0.29) is 0 Å². The van der Waals surface area contributed by atoms with Crippen LogP contribution in [-0.4, -0.2) is 11.6 Å². The summed E-state index contributed by atoms with van der Waals surface area (Å²) in [6.45, 7) is 4.09. The van der Waals surface area contributed by atoms with E-state index in [4.69, 9.17) is 15.5 Å². The van der Waals surface area contributed by atoms with Crippen molar-refractivity contribution in [3.63, 3.8) is 0 Å². The summed E-state index contributed by atoms with van der Waals surface area (Å²) in [6.07, 6.45) is 2.47. The van der Waals surface area contributed by atoms with Crippen LogP contribution >= 0.6 is 11.3 Å². The van der Waals surface area contributed by atoms with Gasteiger partial charge in [-0.25, -0.2) is 4.98 Å². The minimum absolute atomic E-state index is 0.455. The Balaban J connectivity index is 1.74. The van der Waals surface area contributed by atoms with Gasteiger partial charge in [0, 0.05) is 17.4 Å². The van der Waals surface area contributed by atoms with Crippen molar-refractivity contribution in [2.45, 2.75) is 6.42 Å². The first kappa shape index (κ1) is 15.3. The number of anilines is 1. The maximum atomic E-state index is 6.04. The Labute approximate surface area is 140 Å². The van der Waals surface area contributed by atoms with Gasteiger partial charge in [-0.1, -0.05) is 49.1 Å². The molecule has 0 fully saturated rings. The molecule has 0 aliphatic carbocycles. The number of nitrogen functional groups attached to an aromatic ring is 1. The summed E-state index contributed by atoms with van der Waals surface area (Å²) in [7, 11) is 0. The Morgan fingerprint density at radius 3 is 2.74 bits per heavy atom. The van der Waals surface area contributed by atoms with E-state index >= 15 is 0 Å². The molecule has 3 rings (SSSR count). The molecule has 0 atom stereocenters. The molecule has 23 heavy (non-hydrogen) atoms. The summed E-state index contributed by atoms with van der Waals surface area (Å²) < 4.78 is 5.50. The molecule has 0 radical (unpaired) electrons. The van der Waals surface area contributed by atoms with E-state index in [9.17, 15) is 0 Å². The smallest absolute Gasteiger partial charge is 0.142 e. The number of nitrogens with two attached hydrogens (primary N) is 1. The standard InChI is InChI=1S/C19H18N2OS/c1-2-10-22-18-9-8-14(11-16(18)20)12-19-21-17(13-23-19)15-6-4-3-5-7-15/h2-9,11,13H,1,10,12,20H2. The maximum Gasteiger partial charge on any atom is 0.142 e. The average molecular weight is 322 g/mol. The third kappa shape index (κ3) is 3.79. The highest BCUT2D eigenvalue weighted by atomic mass is 32.1. The van der Waals surface area contributed by atoms with Crippen LogP contribution in [0.4, 0.5) is 5.69 Å². The zero-order chi connectivity index (χ0) is 16.1. The second-order valence-electron chi connectivity index (χ2n) is 5.14. The van der Waals surface area contributed by atoms with Crippen molar-refractivity contribution in [1.29, 1.82) is 0 Å². The van der Waals surface area contributed by atoms with E-state index in [0.717, 1.165) is 28.2 Å². The van der Waals surface area contributed by atoms with Crippen LogP contribution < -0.4 is 10.5 Å². The summed E-state index contributed by atoms with van der Waals surface area (Å²) >= 11 is 1.67. The highest BCUT2D eigenvalue weighted by Crippen LogP contribution is 2.26. The first-order chi connectivity index (χ1) is 11.3. The van der Waals surface area contributed by atoms with E-state index in [1.54, 1.807) is 17.4 Å². The van der Waals surface area contributed by atoms with E-state index in [1.165, 1.54) is 0 Å². The number of hydrogen-bond acceptors (Lipinski definition) is 4.